The predicted octanol–water partition coefficient (Wildman–Crippen LogP) is 3.21. The molecule has 0 aromatic carbocycles. The Balaban J connectivity index is 1.44. The van der Waals surface area contributed by atoms with Crippen molar-refractivity contribution in [2.75, 3.05) is 43.5 Å². The van der Waals surface area contributed by atoms with Gasteiger partial charge in [0.15, 0.2) is 0 Å². The number of hydrogen-bond donors (Lipinski definition) is 3. The molecular weight excluding hydrogens is 416 g/mol. The third kappa shape index (κ3) is 5.90. The Morgan fingerprint density at radius 2 is 2.06 bits per heavy atom. The second kappa shape index (κ2) is 10.3. The van der Waals surface area contributed by atoms with Gasteiger partial charge in [-0.1, -0.05) is 18.5 Å². The van der Waals surface area contributed by atoms with Crippen LogP contribution in [0.3, 0.4) is 0 Å². The quantitative estimate of drug-likeness (QED) is 0.628. The molecule has 0 unspecified atom stereocenters. The van der Waals surface area contributed by atoms with Crippen LogP contribution in [0, 0.1) is 17.8 Å². The summed E-state index contributed by atoms with van der Waals surface area (Å²) in [6.45, 7) is 6.24. The molecule has 2 aliphatic heterocycles. The summed E-state index contributed by atoms with van der Waals surface area (Å²) in [6, 6.07) is 1.76. The van der Waals surface area contributed by atoms with Crippen molar-refractivity contribution in [1.82, 2.24) is 20.3 Å². The van der Waals surface area contributed by atoms with E-state index in [-0.39, 0.29) is 11.8 Å². The average molecular weight is 445 g/mol. The molecule has 0 radical (unpaired) electrons. The lowest BCUT2D eigenvalue weighted by atomic mass is 9.91. The molecule has 3 N–H and O–H groups in total. The normalized spacial score (nSPS) is 22.1. The van der Waals surface area contributed by atoms with E-state index in [1.807, 2.05) is 0 Å². The van der Waals surface area contributed by atoms with Crippen molar-refractivity contribution >= 4 is 29.1 Å². The highest BCUT2D eigenvalue weighted by Gasteiger charge is 2.25. The number of halogens is 1. The van der Waals surface area contributed by atoms with Crippen molar-refractivity contribution in [3.05, 3.63) is 29.7 Å². The number of ether oxygens (including phenoxy) is 1. The molecule has 0 saturated carbocycles. The first kappa shape index (κ1) is 21.9. The number of nitrogens with one attached hydrogen (secondary N) is 3. The molecule has 8 nitrogen and oxygen atoms in total. The number of carbonyl (C=O) groups excluding carboxylic acids is 1. The van der Waals surface area contributed by atoms with Gasteiger partial charge >= 0.3 is 0 Å². The standard InChI is InChI=1S/C22H29ClN6O2/c1-14-6-16(10-24-8-14)22(30)29-20-7-17(18(23)11-27-20)19-12-25-13-21(28-19)26-9-15-2-4-31-5-3-15/h7,11-16,24H,2-6,8-10H2,1H3,(H,26,28)(H,27,29,30)/t14-,16+/m0/s1. The zero-order chi connectivity index (χ0) is 21.6. The van der Waals surface area contributed by atoms with Gasteiger partial charge < -0.3 is 20.7 Å². The van der Waals surface area contributed by atoms with Crippen LogP contribution in [0.25, 0.3) is 11.3 Å². The highest BCUT2D eigenvalue weighted by Crippen LogP contribution is 2.29. The summed E-state index contributed by atoms with van der Waals surface area (Å²) < 4.78 is 5.41. The van der Waals surface area contributed by atoms with Gasteiger partial charge in [-0.15, -0.1) is 0 Å². The summed E-state index contributed by atoms with van der Waals surface area (Å²) in [4.78, 5) is 25.9. The molecule has 4 rings (SSSR count). The van der Waals surface area contributed by atoms with Crippen molar-refractivity contribution in [3.8, 4) is 11.3 Å². The highest BCUT2D eigenvalue weighted by atomic mass is 35.5. The van der Waals surface area contributed by atoms with Crippen molar-refractivity contribution in [2.45, 2.75) is 26.2 Å². The SMILES string of the molecule is C[C@@H]1CNC[C@H](C(=O)Nc2cc(-c3cncc(NCC4CCOCC4)n3)c(Cl)cn2)C1. The smallest absolute Gasteiger partial charge is 0.229 e. The third-order valence-corrected chi connectivity index (χ3v) is 6.17. The van der Waals surface area contributed by atoms with Gasteiger partial charge in [-0.3, -0.25) is 9.78 Å². The van der Waals surface area contributed by atoms with Gasteiger partial charge in [0.2, 0.25) is 5.91 Å². The van der Waals surface area contributed by atoms with E-state index in [1.54, 1.807) is 18.5 Å². The molecule has 2 aromatic heterocycles. The number of piperidine rings is 1. The van der Waals surface area contributed by atoms with Gasteiger partial charge in [-0.05, 0) is 43.7 Å². The van der Waals surface area contributed by atoms with Gasteiger partial charge in [0.05, 0.1) is 29.0 Å². The molecule has 0 aliphatic carbocycles. The minimum atomic E-state index is -0.0674. The van der Waals surface area contributed by atoms with E-state index >= 15 is 0 Å². The minimum absolute atomic E-state index is 0.0298. The number of hydrogen-bond acceptors (Lipinski definition) is 7. The van der Waals surface area contributed by atoms with Crippen LogP contribution < -0.4 is 16.0 Å². The van der Waals surface area contributed by atoms with Crippen molar-refractivity contribution in [1.29, 1.82) is 0 Å². The molecule has 0 spiro atoms. The van der Waals surface area contributed by atoms with Crippen molar-refractivity contribution in [3.63, 3.8) is 0 Å². The van der Waals surface area contributed by atoms with Gasteiger partial charge in [0.1, 0.15) is 11.6 Å². The second-order valence-corrected chi connectivity index (χ2v) is 8.87. The van der Waals surface area contributed by atoms with E-state index in [0.717, 1.165) is 45.6 Å². The number of pyridine rings is 1. The highest BCUT2D eigenvalue weighted by molar-refractivity contribution is 6.33. The van der Waals surface area contributed by atoms with E-state index in [0.29, 0.717) is 46.3 Å². The van der Waals surface area contributed by atoms with Crippen LogP contribution in [0.2, 0.25) is 5.02 Å². The molecule has 2 atom stereocenters. The zero-order valence-electron chi connectivity index (χ0n) is 17.7. The monoisotopic (exact) mass is 444 g/mol. The third-order valence-electron chi connectivity index (χ3n) is 5.87. The summed E-state index contributed by atoms with van der Waals surface area (Å²) in [5.41, 5.74) is 1.32. The van der Waals surface area contributed by atoms with Crippen LogP contribution >= 0.6 is 11.6 Å². The maximum Gasteiger partial charge on any atom is 0.229 e. The van der Waals surface area contributed by atoms with E-state index in [1.165, 1.54) is 6.20 Å². The maximum atomic E-state index is 12.7. The van der Waals surface area contributed by atoms with Crippen LogP contribution in [0.5, 0.6) is 0 Å². The number of carbonyl (C=O) groups is 1. The average Bonchev–Trinajstić information content (AvgIpc) is 2.80. The number of aromatic nitrogens is 3. The Morgan fingerprint density at radius 3 is 2.87 bits per heavy atom. The first-order valence-corrected chi connectivity index (χ1v) is 11.3. The molecule has 166 valence electrons. The topological polar surface area (TPSA) is 101 Å². The maximum absolute atomic E-state index is 12.7. The zero-order valence-corrected chi connectivity index (χ0v) is 18.5. The molecule has 1 amide bonds. The predicted molar refractivity (Wildman–Crippen MR) is 121 cm³/mol. The molecular formula is C22H29ClN6O2. The summed E-state index contributed by atoms with van der Waals surface area (Å²) in [6.07, 6.45) is 7.88. The van der Waals surface area contributed by atoms with Crippen LogP contribution in [-0.2, 0) is 9.53 Å². The van der Waals surface area contributed by atoms with Crippen LogP contribution in [0.15, 0.2) is 24.7 Å². The summed E-state index contributed by atoms with van der Waals surface area (Å²) in [5.74, 6) is 2.11. The van der Waals surface area contributed by atoms with Gasteiger partial charge in [0, 0.05) is 38.1 Å². The fourth-order valence-corrected chi connectivity index (χ4v) is 4.27. The van der Waals surface area contributed by atoms with Crippen LogP contribution in [-0.4, -0.2) is 53.7 Å². The van der Waals surface area contributed by atoms with Gasteiger partial charge in [0.25, 0.3) is 0 Å². The fraction of sp³-hybridized carbons (Fsp3) is 0.545. The molecule has 9 heteroatoms. The lowest BCUT2D eigenvalue weighted by Crippen LogP contribution is -2.41. The first-order valence-electron chi connectivity index (χ1n) is 10.9. The fourth-order valence-electron chi connectivity index (χ4n) is 4.07. The first-order chi connectivity index (χ1) is 15.1. The van der Waals surface area contributed by atoms with E-state index in [4.69, 9.17) is 16.3 Å². The van der Waals surface area contributed by atoms with Crippen molar-refractivity contribution in [2.24, 2.45) is 17.8 Å². The Bertz CT molecular complexity index is 905. The number of rotatable bonds is 6. The van der Waals surface area contributed by atoms with Crippen molar-refractivity contribution < 1.29 is 9.53 Å². The Kier molecular flexibility index (Phi) is 7.32. The molecule has 4 heterocycles. The second-order valence-electron chi connectivity index (χ2n) is 8.46. The summed E-state index contributed by atoms with van der Waals surface area (Å²) in [7, 11) is 0. The number of anilines is 2. The Labute approximate surface area is 187 Å². The van der Waals surface area contributed by atoms with E-state index < -0.39 is 0 Å². The Morgan fingerprint density at radius 1 is 1.23 bits per heavy atom. The number of nitrogens with zero attached hydrogens (tertiary/aromatic N) is 3. The molecule has 2 aromatic rings. The van der Waals surface area contributed by atoms with Gasteiger partial charge in [-0.2, -0.15) is 0 Å². The lowest BCUT2D eigenvalue weighted by molar-refractivity contribution is -0.120. The van der Waals surface area contributed by atoms with Crippen LogP contribution in [0.4, 0.5) is 11.6 Å². The lowest BCUT2D eigenvalue weighted by Gasteiger charge is -2.26. The number of amides is 1. The molecule has 0 bridgehead atoms. The van der Waals surface area contributed by atoms with Gasteiger partial charge in [-0.25, -0.2) is 9.97 Å². The molecule has 2 aliphatic rings. The summed E-state index contributed by atoms with van der Waals surface area (Å²) in [5, 5.41) is 10.1. The van der Waals surface area contributed by atoms with Crippen LogP contribution in [0.1, 0.15) is 26.2 Å². The molecule has 2 saturated heterocycles. The van der Waals surface area contributed by atoms with E-state index in [2.05, 4.69) is 37.8 Å². The molecule has 2 fully saturated rings. The Hall–Kier alpha value is -2.29. The summed E-state index contributed by atoms with van der Waals surface area (Å²) >= 11 is 6.40. The van der Waals surface area contributed by atoms with E-state index in [9.17, 15) is 4.79 Å². The molecule has 31 heavy (non-hydrogen) atoms. The largest absolute Gasteiger partial charge is 0.381 e. The minimum Gasteiger partial charge on any atom is -0.381 e.